The molecular formula is C14H21FN2O. The first-order chi connectivity index (χ1) is 8.69. The van der Waals surface area contributed by atoms with Crippen LogP contribution in [0.4, 0.5) is 10.1 Å². The number of halogens is 1. The molecule has 100 valence electrons. The van der Waals surface area contributed by atoms with E-state index in [1.165, 1.54) is 12.5 Å². The lowest BCUT2D eigenvalue weighted by atomic mass is 9.95. The number of aliphatic hydroxyl groups is 1. The second kappa shape index (κ2) is 6.16. The zero-order valence-corrected chi connectivity index (χ0v) is 10.6. The van der Waals surface area contributed by atoms with Crippen molar-refractivity contribution in [2.45, 2.75) is 25.8 Å². The molecule has 1 aliphatic heterocycles. The summed E-state index contributed by atoms with van der Waals surface area (Å²) in [6.45, 7) is 2.83. The summed E-state index contributed by atoms with van der Waals surface area (Å²) < 4.78 is 13.7. The second-order valence-corrected chi connectivity index (χ2v) is 5.11. The predicted molar refractivity (Wildman–Crippen MR) is 70.5 cm³/mol. The van der Waals surface area contributed by atoms with Gasteiger partial charge in [-0.3, -0.25) is 4.90 Å². The molecule has 0 aliphatic carbocycles. The van der Waals surface area contributed by atoms with Crippen LogP contribution in [0.3, 0.4) is 0 Å². The van der Waals surface area contributed by atoms with Crippen LogP contribution in [0.5, 0.6) is 0 Å². The maximum absolute atomic E-state index is 13.7. The predicted octanol–water partition coefficient (Wildman–Crippen LogP) is 2.00. The molecule has 0 bridgehead atoms. The van der Waals surface area contributed by atoms with Crippen LogP contribution in [0.1, 0.15) is 24.8 Å². The van der Waals surface area contributed by atoms with Gasteiger partial charge in [-0.2, -0.15) is 0 Å². The molecule has 0 saturated carbocycles. The van der Waals surface area contributed by atoms with E-state index >= 15 is 0 Å². The zero-order valence-electron chi connectivity index (χ0n) is 10.6. The third kappa shape index (κ3) is 3.43. The molecule has 1 atom stereocenters. The number of anilines is 1. The number of piperidine rings is 1. The Morgan fingerprint density at radius 1 is 1.44 bits per heavy atom. The highest BCUT2D eigenvalue weighted by Gasteiger charge is 2.20. The molecule has 1 unspecified atom stereocenters. The third-order valence-corrected chi connectivity index (χ3v) is 3.61. The molecule has 4 heteroatoms. The lowest BCUT2D eigenvalue weighted by Gasteiger charge is -2.32. The number of aliphatic hydroxyl groups excluding tert-OH is 1. The van der Waals surface area contributed by atoms with E-state index in [0.29, 0.717) is 23.7 Å². The normalized spacial score (nSPS) is 21.1. The van der Waals surface area contributed by atoms with Gasteiger partial charge in [-0.05, 0) is 43.9 Å². The highest BCUT2D eigenvalue weighted by molar-refractivity contribution is 5.40. The fourth-order valence-corrected chi connectivity index (χ4v) is 2.65. The van der Waals surface area contributed by atoms with Crippen molar-refractivity contribution < 1.29 is 9.50 Å². The van der Waals surface area contributed by atoms with E-state index < -0.39 is 0 Å². The number of nitrogens with two attached hydrogens (primary N) is 1. The number of benzene rings is 1. The first-order valence-electron chi connectivity index (χ1n) is 6.56. The van der Waals surface area contributed by atoms with Crippen LogP contribution >= 0.6 is 0 Å². The van der Waals surface area contributed by atoms with E-state index in [1.54, 1.807) is 12.1 Å². The number of nitrogen functional groups attached to an aromatic ring is 1. The second-order valence-electron chi connectivity index (χ2n) is 5.11. The molecule has 1 saturated heterocycles. The van der Waals surface area contributed by atoms with Crippen LogP contribution in [0.15, 0.2) is 18.2 Å². The maximum atomic E-state index is 13.7. The molecule has 0 radical (unpaired) electrons. The molecule has 1 heterocycles. The van der Waals surface area contributed by atoms with E-state index in [0.717, 1.165) is 25.9 Å². The van der Waals surface area contributed by atoms with E-state index in [4.69, 9.17) is 10.8 Å². The van der Waals surface area contributed by atoms with Crippen molar-refractivity contribution in [2.24, 2.45) is 5.92 Å². The first kappa shape index (κ1) is 13.3. The fourth-order valence-electron chi connectivity index (χ4n) is 2.65. The smallest absolute Gasteiger partial charge is 0.129 e. The molecule has 3 nitrogen and oxygen atoms in total. The summed E-state index contributed by atoms with van der Waals surface area (Å²) in [5, 5.41) is 8.98. The van der Waals surface area contributed by atoms with Gasteiger partial charge in [0, 0.05) is 30.9 Å². The largest absolute Gasteiger partial charge is 0.399 e. The van der Waals surface area contributed by atoms with Gasteiger partial charge in [-0.15, -0.1) is 0 Å². The Hall–Kier alpha value is -1.13. The Balaban J connectivity index is 1.96. The zero-order chi connectivity index (χ0) is 13.0. The van der Waals surface area contributed by atoms with Crippen LogP contribution < -0.4 is 5.73 Å². The van der Waals surface area contributed by atoms with Gasteiger partial charge < -0.3 is 10.8 Å². The van der Waals surface area contributed by atoms with Crippen molar-refractivity contribution in [1.82, 2.24) is 4.90 Å². The number of likely N-dealkylation sites (tertiary alicyclic amines) is 1. The van der Waals surface area contributed by atoms with Gasteiger partial charge in [-0.25, -0.2) is 4.39 Å². The average molecular weight is 252 g/mol. The molecule has 1 aromatic carbocycles. The van der Waals surface area contributed by atoms with E-state index in [-0.39, 0.29) is 12.4 Å². The summed E-state index contributed by atoms with van der Waals surface area (Å²) in [6.07, 6.45) is 3.14. The summed E-state index contributed by atoms with van der Waals surface area (Å²) in [5.41, 5.74) is 6.71. The third-order valence-electron chi connectivity index (χ3n) is 3.61. The SMILES string of the molecule is Nc1ccc(CN2CCCC(CCO)C2)c(F)c1. The van der Waals surface area contributed by atoms with Crippen LogP contribution in [0, 0.1) is 11.7 Å². The van der Waals surface area contributed by atoms with Gasteiger partial charge in [0.15, 0.2) is 0 Å². The summed E-state index contributed by atoms with van der Waals surface area (Å²) in [4.78, 5) is 2.26. The van der Waals surface area contributed by atoms with Gasteiger partial charge >= 0.3 is 0 Å². The van der Waals surface area contributed by atoms with Crippen molar-refractivity contribution in [2.75, 3.05) is 25.4 Å². The standard InChI is InChI=1S/C14H21FN2O/c15-14-8-13(16)4-3-12(14)10-17-6-1-2-11(9-17)5-7-18/h3-4,8,11,18H,1-2,5-7,9-10,16H2. The van der Waals surface area contributed by atoms with Crippen molar-refractivity contribution in [3.8, 4) is 0 Å². The summed E-state index contributed by atoms with van der Waals surface area (Å²) in [7, 11) is 0. The van der Waals surface area contributed by atoms with Crippen molar-refractivity contribution in [3.63, 3.8) is 0 Å². The minimum atomic E-state index is -0.223. The number of hydrogen-bond donors (Lipinski definition) is 2. The Morgan fingerprint density at radius 3 is 3.00 bits per heavy atom. The minimum Gasteiger partial charge on any atom is -0.399 e. The molecule has 1 aromatic rings. The Bertz CT molecular complexity index is 395. The highest BCUT2D eigenvalue weighted by Crippen LogP contribution is 2.22. The van der Waals surface area contributed by atoms with Crippen molar-refractivity contribution in [3.05, 3.63) is 29.6 Å². The number of nitrogens with zero attached hydrogens (tertiary/aromatic N) is 1. The van der Waals surface area contributed by atoms with Crippen LogP contribution in [-0.4, -0.2) is 29.7 Å². The van der Waals surface area contributed by atoms with E-state index in [1.807, 2.05) is 0 Å². The molecule has 18 heavy (non-hydrogen) atoms. The monoisotopic (exact) mass is 252 g/mol. The maximum Gasteiger partial charge on any atom is 0.129 e. The average Bonchev–Trinajstić information content (AvgIpc) is 2.34. The van der Waals surface area contributed by atoms with Gasteiger partial charge in [0.05, 0.1) is 0 Å². The number of hydrogen-bond acceptors (Lipinski definition) is 3. The van der Waals surface area contributed by atoms with Crippen LogP contribution in [-0.2, 0) is 6.54 Å². The Kier molecular flexibility index (Phi) is 4.55. The molecule has 0 amide bonds. The highest BCUT2D eigenvalue weighted by atomic mass is 19.1. The van der Waals surface area contributed by atoms with Gasteiger partial charge in [0.25, 0.3) is 0 Å². The van der Waals surface area contributed by atoms with Gasteiger partial charge in [0.1, 0.15) is 5.82 Å². The van der Waals surface area contributed by atoms with Gasteiger partial charge in [0.2, 0.25) is 0 Å². The van der Waals surface area contributed by atoms with E-state index in [2.05, 4.69) is 4.90 Å². The first-order valence-corrected chi connectivity index (χ1v) is 6.56. The number of rotatable bonds is 4. The topological polar surface area (TPSA) is 49.5 Å². The molecule has 1 fully saturated rings. The molecule has 2 rings (SSSR count). The molecule has 0 spiro atoms. The lowest BCUT2D eigenvalue weighted by molar-refractivity contribution is 0.141. The van der Waals surface area contributed by atoms with Crippen molar-refractivity contribution >= 4 is 5.69 Å². The lowest BCUT2D eigenvalue weighted by Crippen LogP contribution is -2.35. The molecular weight excluding hydrogens is 231 g/mol. The van der Waals surface area contributed by atoms with Crippen LogP contribution in [0.25, 0.3) is 0 Å². The van der Waals surface area contributed by atoms with E-state index in [9.17, 15) is 4.39 Å². The Labute approximate surface area is 107 Å². The Morgan fingerprint density at radius 2 is 2.28 bits per heavy atom. The quantitative estimate of drug-likeness (QED) is 0.806. The fraction of sp³-hybridized carbons (Fsp3) is 0.571. The summed E-state index contributed by atoms with van der Waals surface area (Å²) >= 11 is 0. The van der Waals surface area contributed by atoms with Gasteiger partial charge in [-0.1, -0.05) is 6.07 Å². The van der Waals surface area contributed by atoms with Crippen molar-refractivity contribution in [1.29, 1.82) is 0 Å². The minimum absolute atomic E-state index is 0.223. The molecule has 0 aromatic heterocycles. The summed E-state index contributed by atoms with van der Waals surface area (Å²) in [5.74, 6) is 0.319. The summed E-state index contributed by atoms with van der Waals surface area (Å²) in [6, 6.07) is 4.89. The molecule has 1 aliphatic rings. The molecule has 3 N–H and O–H groups in total. The van der Waals surface area contributed by atoms with Crippen LogP contribution in [0.2, 0.25) is 0 Å².